The van der Waals surface area contributed by atoms with Crippen LogP contribution in [0.2, 0.25) is 0 Å². The molecule has 0 aliphatic heterocycles. The Morgan fingerprint density at radius 2 is 2.11 bits per heavy atom. The number of nitrogen functional groups attached to an aromatic ring is 1. The summed E-state index contributed by atoms with van der Waals surface area (Å²) in [6.45, 7) is 1.95. The van der Waals surface area contributed by atoms with Crippen molar-refractivity contribution >= 4 is 17.6 Å². The van der Waals surface area contributed by atoms with E-state index in [1.807, 2.05) is 0 Å². The minimum Gasteiger partial charge on any atom is -0.491 e. The number of esters is 1. The molecule has 0 aliphatic rings. The molecular formula is C12H15NO5. The maximum absolute atomic E-state index is 11.7. The second-order valence-corrected chi connectivity index (χ2v) is 3.44. The van der Waals surface area contributed by atoms with Gasteiger partial charge in [-0.3, -0.25) is 4.79 Å². The number of carbonyl (C=O) groups excluding carboxylic acids is 1. The molecule has 0 amide bonds. The van der Waals surface area contributed by atoms with Gasteiger partial charge in [0.15, 0.2) is 5.75 Å². The number of carbonyl (C=O) groups is 2. The van der Waals surface area contributed by atoms with Gasteiger partial charge in [-0.15, -0.1) is 0 Å². The molecule has 0 bridgehead atoms. The summed E-state index contributed by atoms with van der Waals surface area (Å²) < 4.78 is 10.1. The molecule has 0 saturated heterocycles. The molecule has 6 heteroatoms. The lowest BCUT2D eigenvalue weighted by Gasteiger charge is -2.11. The van der Waals surface area contributed by atoms with Crippen LogP contribution in [0.1, 0.15) is 23.7 Å². The second kappa shape index (κ2) is 6.48. The number of aliphatic carboxylic acids is 1. The summed E-state index contributed by atoms with van der Waals surface area (Å²) in [6, 6.07) is 4.73. The summed E-state index contributed by atoms with van der Waals surface area (Å²) in [5.41, 5.74) is 6.23. The lowest BCUT2D eigenvalue weighted by atomic mass is 10.1. The Kier molecular flexibility index (Phi) is 4.98. The van der Waals surface area contributed by atoms with Crippen LogP contribution < -0.4 is 10.5 Å². The van der Waals surface area contributed by atoms with Gasteiger partial charge in [0.05, 0.1) is 18.7 Å². The smallest absolute Gasteiger partial charge is 0.342 e. The van der Waals surface area contributed by atoms with Crippen LogP contribution in [0, 0.1) is 0 Å². The average Bonchev–Trinajstić information content (AvgIpc) is 2.31. The largest absolute Gasteiger partial charge is 0.491 e. The Morgan fingerprint density at radius 3 is 2.72 bits per heavy atom. The standard InChI is InChI=1S/C12H15NO5/c1-2-17-11-8(4-3-5-9(11)13)12(16)18-7-6-10(14)15/h3-5H,2,6-7,13H2,1H3,(H,14,15). The van der Waals surface area contributed by atoms with E-state index in [4.69, 9.17) is 20.3 Å². The van der Waals surface area contributed by atoms with Crippen LogP contribution in [-0.4, -0.2) is 30.3 Å². The number of hydrogen-bond donors (Lipinski definition) is 2. The van der Waals surface area contributed by atoms with Crippen LogP contribution in [-0.2, 0) is 9.53 Å². The zero-order valence-corrected chi connectivity index (χ0v) is 10.0. The topological polar surface area (TPSA) is 98.9 Å². The molecule has 0 spiro atoms. The SMILES string of the molecule is CCOc1c(N)cccc1C(=O)OCCC(=O)O. The fourth-order valence-electron chi connectivity index (χ4n) is 1.33. The van der Waals surface area contributed by atoms with Crippen LogP contribution in [0.25, 0.3) is 0 Å². The van der Waals surface area contributed by atoms with Crippen molar-refractivity contribution in [3.63, 3.8) is 0 Å². The van der Waals surface area contributed by atoms with Gasteiger partial charge in [0.2, 0.25) is 0 Å². The lowest BCUT2D eigenvalue weighted by Crippen LogP contribution is -2.12. The Bertz CT molecular complexity index is 444. The summed E-state index contributed by atoms with van der Waals surface area (Å²) in [7, 11) is 0. The van der Waals surface area contributed by atoms with Crippen molar-refractivity contribution in [2.75, 3.05) is 18.9 Å². The second-order valence-electron chi connectivity index (χ2n) is 3.44. The normalized spacial score (nSPS) is 9.83. The van der Waals surface area contributed by atoms with Gasteiger partial charge in [0.25, 0.3) is 0 Å². The Hall–Kier alpha value is -2.24. The van der Waals surface area contributed by atoms with Crippen molar-refractivity contribution in [3.05, 3.63) is 23.8 Å². The molecule has 0 saturated carbocycles. The van der Waals surface area contributed by atoms with Crippen molar-refractivity contribution < 1.29 is 24.2 Å². The zero-order valence-electron chi connectivity index (χ0n) is 10.0. The predicted molar refractivity (Wildman–Crippen MR) is 64.6 cm³/mol. The average molecular weight is 253 g/mol. The van der Waals surface area contributed by atoms with E-state index >= 15 is 0 Å². The van der Waals surface area contributed by atoms with Gasteiger partial charge in [-0.1, -0.05) is 6.07 Å². The first-order chi connectivity index (χ1) is 8.56. The third kappa shape index (κ3) is 3.65. The molecule has 0 aliphatic carbocycles. The number of ether oxygens (including phenoxy) is 2. The molecule has 1 aromatic rings. The van der Waals surface area contributed by atoms with E-state index in [0.29, 0.717) is 12.3 Å². The quantitative estimate of drug-likeness (QED) is 0.585. The minimum atomic E-state index is -1.03. The van der Waals surface area contributed by atoms with Gasteiger partial charge in [-0.25, -0.2) is 4.79 Å². The number of benzene rings is 1. The molecule has 0 fully saturated rings. The van der Waals surface area contributed by atoms with Gasteiger partial charge in [0.1, 0.15) is 12.2 Å². The number of rotatable bonds is 6. The molecule has 0 atom stereocenters. The maximum atomic E-state index is 11.7. The molecular weight excluding hydrogens is 238 g/mol. The highest BCUT2D eigenvalue weighted by atomic mass is 16.5. The van der Waals surface area contributed by atoms with E-state index in [9.17, 15) is 9.59 Å². The number of carboxylic acid groups (broad SMARTS) is 1. The van der Waals surface area contributed by atoms with Crippen LogP contribution in [0.4, 0.5) is 5.69 Å². The van der Waals surface area contributed by atoms with Gasteiger partial charge < -0.3 is 20.3 Å². The monoisotopic (exact) mass is 253 g/mol. The van der Waals surface area contributed by atoms with Crippen LogP contribution in [0.5, 0.6) is 5.75 Å². The summed E-state index contributed by atoms with van der Waals surface area (Å²) in [6.07, 6.45) is -0.238. The first kappa shape index (κ1) is 13.8. The van der Waals surface area contributed by atoms with Gasteiger partial charge in [-0.2, -0.15) is 0 Å². The zero-order chi connectivity index (χ0) is 13.5. The highest BCUT2D eigenvalue weighted by Crippen LogP contribution is 2.26. The molecule has 0 radical (unpaired) electrons. The highest BCUT2D eigenvalue weighted by Gasteiger charge is 2.16. The van der Waals surface area contributed by atoms with Gasteiger partial charge >= 0.3 is 11.9 Å². The van der Waals surface area contributed by atoms with E-state index < -0.39 is 11.9 Å². The molecule has 98 valence electrons. The number of hydrogen-bond acceptors (Lipinski definition) is 5. The Labute approximate surface area is 104 Å². The van der Waals surface area contributed by atoms with Crippen molar-refractivity contribution in [1.82, 2.24) is 0 Å². The molecule has 6 nitrogen and oxygen atoms in total. The van der Waals surface area contributed by atoms with Crippen molar-refractivity contribution in [3.8, 4) is 5.75 Å². The third-order valence-corrected chi connectivity index (χ3v) is 2.10. The molecule has 1 aromatic carbocycles. The van der Waals surface area contributed by atoms with Crippen LogP contribution in [0.3, 0.4) is 0 Å². The van der Waals surface area contributed by atoms with E-state index in [2.05, 4.69) is 0 Å². The molecule has 3 N–H and O–H groups in total. The summed E-state index contributed by atoms with van der Waals surface area (Å²) in [5, 5.41) is 8.44. The first-order valence-electron chi connectivity index (χ1n) is 5.46. The van der Waals surface area contributed by atoms with E-state index in [0.717, 1.165) is 0 Å². The number of anilines is 1. The molecule has 18 heavy (non-hydrogen) atoms. The van der Waals surface area contributed by atoms with E-state index in [1.165, 1.54) is 6.07 Å². The summed E-state index contributed by atoms with van der Waals surface area (Å²) >= 11 is 0. The maximum Gasteiger partial charge on any atom is 0.342 e. The highest BCUT2D eigenvalue weighted by molar-refractivity contribution is 5.94. The molecule has 0 unspecified atom stereocenters. The van der Waals surface area contributed by atoms with Crippen LogP contribution >= 0.6 is 0 Å². The first-order valence-corrected chi connectivity index (χ1v) is 5.46. The van der Waals surface area contributed by atoms with Crippen molar-refractivity contribution in [2.45, 2.75) is 13.3 Å². The van der Waals surface area contributed by atoms with E-state index in [1.54, 1.807) is 19.1 Å². The lowest BCUT2D eigenvalue weighted by molar-refractivity contribution is -0.137. The van der Waals surface area contributed by atoms with Crippen molar-refractivity contribution in [1.29, 1.82) is 0 Å². The summed E-state index contributed by atoms with van der Waals surface area (Å²) in [4.78, 5) is 22.0. The molecule has 0 aromatic heterocycles. The molecule has 1 rings (SSSR count). The van der Waals surface area contributed by atoms with Gasteiger partial charge in [-0.05, 0) is 19.1 Å². The van der Waals surface area contributed by atoms with E-state index in [-0.39, 0.29) is 24.3 Å². The van der Waals surface area contributed by atoms with Gasteiger partial charge in [0, 0.05) is 0 Å². The molecule has 0 heterocycles. The number of para-hydroxylation sites is 1. The summed E-state index contributed by atoms with van der Waals surface area (Å²) in [5.74, 6) is -1.41. The van der Waals surface area contributed by atoms with Crippen molar-refractivity contribution in [2.24, 2.45) is 0 Å². The van der Waals surface area contributed by atoms with Crippen LogP contribution in [0.15, 0.2) is 18.2 Å². The minimum absolute atomic E-state index is 0.186. The fourth-order valence-corrected chi connectivity index (χ4v) is 1.33. The number of nitrogens with two attached hydrogens (primary N) is 1. The Balaban J connectivity index is 2.78. The fraction of sp³-hybridized carbons (Fsp3) is 0.333. The Morgan fingerprint density at radius 1 is 1.39 bits per heavy atom. The third-order valence-electron chi connectivity index (χ3n) is 2.10. The predicted octanol–water partition coefficient (Wildman–Crippen LogP) is 1.30. The number of carboxylic acids is 1.